The predicted molar refractivity (Wildman–Crippen MR) is 24.7 cm³/mol. The molecule has 1 rings (SSSR count). The molecule has 0 atom stereocenters. The van der Waals surface area contributed by atoms with Crippen LogP contribution in [-0.2, 0) is 26.8 Å². The van der Waals surface area contributed by atoms with Crippen molar-refractivity contribution in [3.05, 3.63) is 18.0 Å². The summed E-state index contributed by atoms with van der Waals surface area (Å²) in [5, 5.41) is 3.39. The Balaban J connectivity index is 0.000000490. The van der Waals surface area contributed by atoms with E-state index in [1.54, 1.807) is 6.26 Å². The largest absolute Gasteiger partial charge is 0.473 e. The van der Waals surface area contributed by atoms with Crippen LogP contribution in [0.5, 0.6) is 0 Å². The van der Waals surface area contributed by atoms with Crippen LogP contribution >= 0.6 is 0 Å². The number of nitrogens with zero attached hydrogens (tertiary/aromatic N) is 1. The van der Waals surface area contributed by atoms with Crippen molar-refractivity contribution in [2.45, 2.75) is 13.3 Å². The molecule has 0 fully saturated rings. The first-order chi connectivity index (χ1) is 3.43. The molecule has 1 aromatic rings. The van der Waals surface area contributed by atoms with E-state index < -0.39 is 0 Å². The van der Waals surface area contributed by atoms with E-state index in [1.807, 2.05) is 6.92 Å². The molecule has 0 N–H and O–H groups in total. The van der Waals surface area contributed by atoms with Gasteiger partial charge in [0.15, 0.2) is 0 Å². The molecule has 3 heteroatoms. The van der Waals surface area contributed by atoms with E-state index in [4.69, 9.17) is 0 Å². The summed E-state index contributed by atoms with van der Waals surface area (Å²) >= 11 is 0. The first-order valence-corrected chi connectivity index (χ1v) is 2.24. The Kier molecular flexibility index (Phi) is 3.76. The van der Waals surface area contributed by atoms with Gasteiger partial charge in [0, 0.05) is 20.4 Å². The van der Waals surface area contributed by atoms with Crippen LogP contribution in [0.2, 0.25) is 0 Å². The van der Waals surface area contributed by atoms with Gasteiger partial charge in [-0.25, -0.2) is 5.16 Å². The second-order valence-corrected chi connectivity index (χ2v) is 1.31. The van der Waals surface area contributed by atoms with Gasteiger partial charge in [-0.05, 0) is 6.26 Å². The Hall–Kier alpha value is -0.128. The molecule has 8 heavy (non-hydrogen) atoms. The first kappa shape index (κ1) is 7.87. The fraction of sp³-hybridized carbons (Fsp3) is 0.400. The molecule has 0 aromatic carbocycles. The van der Waals surface area contributed by atoms with Crippen molar-refractivity contribution in [1.82, 2.24) is 5.16 Å². The molecule has 0 aliphatic heterocycles. The molecule has 1 aromatic heterocycles. The van der Waals surface area contributed by atoms with E-state index in [0.717, 1.165) is 12.0 Å². The van der Waals surface area contributed by atoms with Crippen LogP contribution in [0.15, 0.2) is 10.8 Å². The van der Waals surface area contributed by atoms with E-state index in [0.29, 0.717) is 0 Å². The number of aromatic nitrogens is 1. The minimum Gasteiger partial charge on any atom is -0.473 e. The van der Waals surface area contributed by atoms with E-state index in [-0.39, 0.29) is 20.4 Å². The van der Waals surface area contributed by atoms with Crippen molar-refractivity contribution in [2.24, 2.45) is 0 Å². The molecule has 0 aliphatic carbocycles. The summed E-state index contributed by atoms with van der Waals surface area (Å²) in [6, 6.07) is 0. The molecule has 1 radical (unpaired) electrons. The van der Waals surface area contributed by atoms with Gasteiger partial charge >= 0.3 is 0 Å². The molecule has 0 spiro atoms. The van der Waals surface area contributed by atoms with Gasteiger partial charge in [-0.1, -0.05) is 19.5 Å². The zero-order chi connectivity index (χ0) is 5.11. The van der Waals surface area contributed by atoms with Crippen LogP contribution in [0.4, 0.5) is 0 Å². The summed E-state index contributed by atoms with van der Waals surface area (Å²) < 4.78 is 4.50. The van der Waals surface area contributed by atoms with Crippen molar-refractivity contribution in [2.75, 3.05) is 0 Å². The zero-order valence-corrected chi connectivity index (χ0v) is 7.23. The SMILES string of the molecule is CCc1[c-]noc1.[Re]. The molecule has 45 valence electrons. The van der Waals surface area contributed by atoms with Crippen molar-refractivity contribution < 1.29 is 24.9 Å². The summed E-state index contributed by atoms with van der Waals surface area (Å²) in [7, 11) is 0. The summed E-state index contributed by atoms with van der Waals surface area (Å²) in [6.07, 6.45) is 5.22. The maximum atomic E-state index is 4.50. The van der Waals surface area contributed by atoms with E-state index in [2.05, 4.69) is 15.9 Å². The van der Waals surface area contributed by atoms with Gasteiger partial charge < -0.3 is 4.52 Å². The summed E-state index contributed by atoms with van der Waals surface area (Å²) in [4.78, 5) is 0. The number of rotatable bonds is 1. The van der Waals surface area contributed by atoms with Crippen LogP contribution < -0.4 is 0 Å². The molecule has 0 saturated carbocycles. The molecule has 0 unspecified atom stereocenters. The molecule has 1 heterocycles. The summed E-state index contributed by atoms with van der Waals surface area (Å²) in [5.74, 6) is 0. The molecular formula is C5H6NORe-. The normalized spacial score (nSPS) is 8.12. The zero-order valence-electron chi connectivity index (χ0n) is 4.52. The van der Waals surface area contributed by atoms with E-state index in [1.165, 1.54) is 0 Å². The van der Waals surface area contributed by atoms with Crippen LogP contribution in [0.25, 0.3) is 0 Å². The topological polar surface area (TPSA) is 26.0 Å². The van der Waals surface area contributed by atoms with Gasteiger partial charge in [0.05, 0.1) is 0 Å². The molecule has 0 amide bonds. The van der Waals surface area contributed by atoms with E-state index in [9.17, 15) is 0 Å². The summed E-state index contributed by atoms with van der Waals surface area (Å²) in [5.41, 5.74) is 1.03. The van der Waals surface area contributed by atoms with E-state index >= 15 is 0 Å². The van der Waals surface area contributed by atoms with Crippen molar-refractivity contribution in [3.8, 4) is 0 Å². The Morgan fingerprint density at radius 3 is 2.88 bits per heavy atom. The maximum Gasteiger partial charge on any atom is 0 e. The quantitative estimate of drug-likeness (QED) is 0.719. The molecule has 2 nitrogen and oxygen atoms in total. The number of aryl methyl sites for hydroxylation is 1. The number of hydrogen-bond donors (Lipinski definition) is 0. The average Bonchev–Trinajstić information content (AvgIpc) is 2.14. The van der Waals surface area contributed by atoms with Crippen molar-refractivity contribution in [3.63, 3.8) is 0 Å². The Labute approximate surface area is 61.9 Å². The Morgan fingerprint density at radius 2 is 2.62 bits per heavy atom. The predicted octanol–water partition coefficient (Wildman–Crippen LogP) is 1.03. The van der Waals surface area contributed by atoms with Crippen LogP contribution in [0.3, 0.4) is 0 Å². The van der Waals surface area contributed by atoms with Crippen LogP contribution in [0, 0.1) is 6.20 Å². The minimum atomic E-state index is 0. The van der Waals surface area contributed by atoms with Gasteiger partial charge in [-0.2, -0.15) is 5.56 Å². The third-order valence-electron chi connectivity index (χ3n) is 0.818. The average molecular weight is 282 g/mol. The van der Waals surface area contributed by atoms with Gasteiger partial charge in [-0.15, -0.1) is 0 Å². The molecular weight excluding hydrogens is 276 g/mol. The fourth-order valence-corrected chi connectivity index (χ4v) is 0.364. The Bertz CT molecular complexity index is 127. The molecule has 0 bridgehead atoms. The second-order valence-electron chi connectivity index (χ2n) is 1.31. The van der Waals surface area contributed by atoms with Crippen molar-refractivity contribution in [1.29, 1.82) is 0 Å². The van der Waals surface area contributed by atoms with Crippen LogP contribution in [0.1, 0.15) is 12.5 Å². The van der Waals surface area contributed by atoms with Gasteiger partial charge in [0.2, 0.25) is 0 Å². The third-order valence-corrected chi connectivity index (χ3v) is 0.818. The third kappa shape index (κ3) is 1.77. The molecule has 0 aliphatic rings. The first-order valence-electron chi connectivity index (χ1n) is 2.24. The maximum absolute atomic E-state index is 4.50. The summed E-state index contributed by atoms with van der Waals surface area (Å²) in [6.45, 7) is 2.03. The van der Waals surface area contributed by atoms with Crippen molar-refractivity contribution >= 4 is 0 Å². The number of hydrogen-bond acceptors (Lipinski definition) is 2. The van der Waals surface area contributed by atoms with Gasteiger partial charge in [-0.3, -0.25) is 0 Å². The van der Waals surface area contributed by atoms with Gasteiger partial charge in [0.25, 0.3) is 0 Å². The standard InChI is InChI=1S/C5H6NO.Re/c1-2-5-3-6-7-4-5;/h4H,2H2,1H3;/q-1;. The second kappa shape index (κ2) is 3.82. The Morgan fingerprint density at radius 1 is 1.88 bits per heavy atom. The van der Waals surface area contributed by atoms with Gasteiger partial charge in [0.1, 0.15) is 0 Å². The molecule has 0 saturated heterocycles. The smallest absolute Gasteiger partial charge is 0 e. The fourth-order valence-electron chi connectivity index (χ4n) is 0.364. The minimum absolute atomic E-state index is 0. The monoisotopic (exact) mass is 283 g/mol. The van der Waals surface area contributed by atoms with Crippen LogP contribution in [-0.4, -0.2) is 5.16 Å².